The summed E-state index contributed by atoms with van der Waals surface area (Å²) < 4.78 is 0. The van der Waals surface area contributed by atoms with Crippen molar-refractivity contribution >= 4 is 5.91 Å². The summed E-state index contributed by atoms with van der Waals surface area (Å²) in [6.07, 6.45) is 12.1. The van der Waals surface area contributed by atoms with Crippen LogP contribution < -0.4 is 5.73 Å². The van der Waals surface area contributed by atoms with Crippen LogP contribution in [-0.2, 0) is 4.79 Å². The summed E-state index contributed by atoms with van der Waals surface area (Å²) in [5.74, 6) is 0.393. The maximum atomic E-state index is 13.0. The molecular formula is C16H30N2O. The maximum absolute atomic E-state index is 13.0. The summed E-state index contributed by atoms with van der Waals surface area (Å²) in [6, 6.07) is 0.462. The molecule has 1 amide bonds. The highest BCUT2D eigenvalue weighted by Gasteiger charge is 2.39. The second-order valence-corrected chi connectivity index (χ2v) is 6.70. The molecule has 2 fully saturated rings. The number of carbonyl (C=O) groups is 1. The van der Waals surface area contributed by atoms with E-state index in [-0.39, 0.29) is 5.41 Å². The highest BCUT2D eigenvalue weighted by atomic mass is 16.2. The lowest BCUT2D eigenvalue weighted by atomic mass is 9.74. The molecule has 2 saturated carbocycles. The van der Waals surface area contributed by atoms with E-state index in [9.17, 15) is 4.79 Å². The van der Waals surface area contributed by atoms with Crippen LogP contribution >= 0.6 is 0 Å². The van der Waals surface area contributed by atoms with Crippen LogP contribution in [0.1, 0.15) is 71.1 Å². The Hall–Kier alpha value is -0.570. The fourth-order valence-electron chi connectivity index (χ4n) is 3.87. The van der Waals surface area contributed by atoms with Gasteiger partial charge in [0.25, 0.3) is 0 Å². The van der Waals surface area contributed by atoms with Crippen molar-refractivity contribution in [2.45, 2.75) is 77.2 Å². The van der Waals surface area contributed by atoms with Gasteiger partial charge in [0, 0.05) is 24.5 Å². The molecule has 3 nitrogen and oxygen atoms in total. The van der Waals surface area contributed by atoms with Crippen LogP contribution in [0.4, 0.5) is 0 Å². The van der Waals surface area contributed by atoms with Crippen LogP contribution in [0.5, 0.6) is 0 Å². The van der Waals surface area contributed by atoms with Gasteiger partial charge in [0.1, 0.15) is 0 Å². The zero-order valence-corrected chi connectivity index (χ0v) is 12.5. The predicted octanol–water partition coefficient (Wildman–Crippen LogP) is 3.08. The minimum Gasteiger partial charge on any atom is -0.338 e. The minimum absolute atomic E-state index is 0.106. The lowest BCUT2D eigenvalue weighted by Gasteiger charge is -2.42. The normalized spacial score (nSPS) is 24.1. The number of rotatable bonds is 4. The number of hydrogen-bond donors (Lipinski definition) is 1. The van der Waals surface area contributed by atoms with Crippen molar-refractivity contribution in [1.29, 1.82) is 0 Å². The lowest BCUT2D eigenvalue weighted by molar-refractivity contribution is -0.146. The van der Waals surface area contributed by atoms with E-state index >= 15 is 0 Å². The first kappa shape index (κ1) is 14.8. The van der Waals surface area contributed by atoms with E-state index in [1.165, 1.54) is 51.4 Å². The first-order valence-electron chi connectivity index (χ1n) is 8.18. The Morgan fingerprint density at radius 3 is 2.26 bits per heavy atom. The molecule has 0 spiro atoms. The first-order chi connectivity index (χ1) is 9.17. The molecule has 0 saturated heterocycles. The van der Waals surface area contributed by atoms with E-state index < -0.39 is 0 Å². The Morgan fingerprint density at radius 2 is 1.68 bits per heavy atom. The zero-order chi connectivity index (χ0) is 13.7. The van der Waals surface area contributed by atoms with Crippen molar-refractivity contribution in [3.8, 4) is 0 Å². The Bertz CT molecular complexity index is 291. The second-order valence-electron chi connectivity index (χ2n) is 6.70. The van der Waals surface area contributed by atoms with Crippen LogP contribution in [0.2, 0.25) is 0 Å². The molecule has 0 bridgehead atoms. The average Bonchev–Trinajstić information content (AvgIpc) is 2.46. The van der Waals surface area contributed by atoms with Crippen LogP contribution in [-0.4, -0.2) is 29.9 Å². The number of carbonyl (C=O) groups excluding carboxylic acids is 1. The Morgan fingerprint density at radius 1 is 1.11 bits per heavy atom. The van der Waals surface area contributed by atoms with E-state index in [1.807, 2.05) is 0 Å². The average molecular weight is 266 g/mol. The van der Waals surface area contributed by atoms with E-state index in [2.05, 4.69) is 11.8 Å². The standard InChI is InChI=1S/C16H30N2O/c1-16(10-6-3-7-11-16)15(19)18(13-12-17)14-8-4-2-5-9-14/h14H,2-13,17H2,1H3. The summed E-state index contributed by atoms with van der Waals surface area (Å²) >= 11 is 0. The summed E-state index contributed by atoms with van der Waals surface area (Å²) in [6.45, 7) is 3.53. The van der Waals surface area contributed by atoms with Gasteiger partial charge in [-0.1, -0.05) is 45.4 Å². The summed E-state index contributed by atoms with van der Waals surface area (Å²) in [4.78, 5) is 15.1. The van der Waals surface area contributed by atoms with Crippen LogP contribution in [0.15, 0.2) is 0 Å². The quantitative estimate of drug-likeness (QED) is 0.850. The third-order valence-electron chi connectivity index (χ3n) is 5.12. The first-order valence-corrected chi connectivity index (χ1v) is 8.18. The molecule has 110 valence electrons. The van der Waals surface area contributed by atoms with Gasteiger partial charge < -0.3 is 10.6 Å². The van der Waals surface area contributed by atoms with E-state index in [1.54, 1.807) is 0 Å². The van der Waals surface area contributed by atoms with Gasteiger partial charge in [-0.05, 0) is 25.7 Å². The lowest BCUT2D eigenvalue weighted by Crippen LogP contribution is -2.50. The predicted molar refractivity (Wildman–Crippen MR) is 78.8 cm³/mol. The van der Waals surface area contributed by atoms with Crippen molar-refractivity contribution in [2.24, 2.45) is 11.1 Å². The van der Waals surface area contributed by atoms with E-state index in [0.29, 0.717) is 18.5 Å². The van der Waals surface area contributed by atoms with Gasteiger partial charge >= 0.3 is 0 Å². The topological polar surface area (TPSA) is 46.3 Å². The molecule has 0 aromatic heterocycles. The van der Waals surface area contributed by atoms with Crippen molar-refractivity contribution in [2.75, 3.05) is 13.1 Å². The minimum atomic E-state index is -0.106. The molecule has 0 atom stereocenters. The molecule has 0 aromatic rings. The maximum Gasteiger partial charge on any atom is 0.228 e. The number of nitrogens with zero attached hydrogens (tertiary/aromatic N) is 1. The zero-order valence-electron chi connectivity index (χ0n) is 12.5. The van der Waals surface area contributed by atoms with Crippen LogP contribution in [0.3, 0.4) is 0 Å². The van der Waals surface area contributed by atoms with E-state index in [4.69, 9.17) is 5.73 Å². The molecule has 3 heteroatoms. The largest absolute Gasteiger partial charge is 0.338 e. The summed E-state index contributed by atoms with van der Waals surface area (Å²) in [5.41, 5.74) is 5.65. The van der Waals surface area contributed by atoms with Gasteiger partial charge in [-0.15, -0.1) is 0 Å². The van der Waals surface area contributed by atoms with Gasteiger partial charge in [-0.25, -0.2) is 0 Å². The molecule has 0 aliphatic heterocycles. The molecule has 0 aromatic carbocycles. The molecular weight excluding hydrogens is 236 g/mol. The fourth-order valence-corrected chi connectivity index (χ4v) is 3.87. The highest BCUT2D eigenvalue weighted by molar-refractivity contribution is 5.82. The smallest absolute Gasteiger partial charge is 0.228 e. The molecule has 2 N–H and O–H groups in total. The molecule has 2 rings (SSSR count). The monoisotopic (exact) mass is 266 g/mol. The highest BCUT2D eigenvalue weighted by Crippen LogP contribution is 2.38. The van der Waals surface area contributed by atoms with Gasteiger partial charge in [-0.3, -0.25) is 4.79 Å². The second kappa shape index (κ2) is 6.74. The van der Waals surface area contributed by atoms with Gasteiger partial charge in [-0.2, -0.15) is 0 Å². The van der Waals surface area contributed by atoms with Gasteiger partial charge in [0.15, 0.2) is 0 Å². The van der Waals surface area contributed by atoms with Crippen LogP contribution in [0.25, 0.3) is 0 Å². The fraction of sp³-hybridized carbons (Fsp3) is 0.938. The Kier molecular flexibility index (Phi) is 5.26. The number of amides is 1. The molecule has 19 heavy (non-hydrogen) atoms. The van der Waals surface area contributed by atoms with Crippen molar-refractivity contribution in [1.82, 2.24) is 4.90 Å². The summed E-state index contributed by atoms with van der Waals surface area (Å²) in [5, 5.41) is 0. The molecule has 0 unspecified atom stereocenters. The van der Waals surface area contributed by atoms with Crippen molar-refractivity contribution < 1.29 is 4.79 Å². The summed E-state index contributed by atoms with van der Waals surface area (Å²) in [7, 11) is 0. The third kappa shape index (κ3) is 3.50. The van der Waals surface area contributed by atoms with Gasteiger partial charge in [0.05, 0.1) is 0 Å². The molecule has 2 aliphatic carbocycles. The molecule has 0 radical (unpaired) electrons. The van der Waals surface area contributed by atoms with Crippen molar-refractivity contribution in [3.63, 3.8) is 0 Å². The molecule has 0 heterocycles. The third-order valence-corrected chi connectivity index (χ3v) is 5.12. The Labute approximate surface area is 117 Å². The Balaban J connectivity index is 2.06. The van der Waals surface area contributed by atoms with Crippen LogP contribution in [0, 0.1) is 5.41 Å². The SMILES string of the molecule is CC1(C(=O)N(CCN)C2CCCCC2)CCCCC1. The van der Waals surface area contributed by atoms with Crippen molar-refractivity contribution in [3.05, 3.63) is 0 Å². The number of nitrogens with two attached hydrogens (primary N) is 1. The van der Waals surface area contributed by atoms with E-state index in [0.717, 1.165) is 19.4 Å². The van der Waals surface area contributed by atoms with Gasteiger partial charge in [0.2, 0.25) is 5.91 Å². The number of hydrogen-bond acceptors (Lipinski definition) is 2. The molecule has 2 aliphatic rings.